The molecule has 0 saturated carbocycles. The number of nitrogens with one attached hydrogen (secondary N) is 1. The first-order chi connectivity index (χ1) is 11.4. The SMILES string of the molecule is CCc1nc2c(C)cc(Br)cn2c1C(=O)NCCCCCC(=O)O. The van der Waals surface area contributed by atoms with Crippen LogP contribution < -0.4 is 5.32 Å². The van der Waals surface area contributed by atoms with E-state index in [0.29, 0.717) is 25.1 Å². The Bertz CT molecular complexity index is 755. The zero-order valence-electron chi connectivity index (χ0n) is 13.9. The number of fused-ring (bicyclic) bond motifs is 1. The summed E-state index contributed by atoms with van der Waals surface area (Å²) in [5.41, 5.74) is 3.15. The number of aromatic nitrogens is 2. The van der Waals surface area contributed by atoms with Crippen LogP contribution in [0.3, 0.4) is 0 Å². The van der Waals surface area contributed by atoms with E-state index in [2.05, 4.69) is 26.2 Å². The molecule has 2 aromatic heterocycles. The number of aryl methyl sites for hydroxylation is 2. The molecule has 0 atom stereocenters. The molecular weight excluding hydrogens is 374 g/mol. The van der Waals surface area contributed by atoms with E-state index >= 15 is 0 Å². The molecule has 2 aromatic rings. The Morgan fingerprint density at radius 2 is 2.08 bits per heavy atom. The van der Waals surface area contributed by atoms with Gasteiger partial charge in [-0.3, -0.25) is 14.0 Å². The third kappa shape index (κ3) is 4.35. The molecule has 2 N–H and O–H groups in total. The predicted octanol–water partition coefficient (Wildman–Crippen LogP) is 3.34. The molecule has 0 radical (unpaired) electrons. The monoisotopic (exact) mass is 395 g/mol. The highest BCUT2D eigenvalue weighted by Crippen LogP contribution is 2.21. The van der Waals surface area contributed by atoms with Gasteiger partial charge < -0.3 is 10.4 Å². The normalized spacial score (nSPS) is 11.0. The van der Waals surface area contributed by atoms with Crippen LogP contribution in [0.25, 0.3) is 5.65 Å². The Morgan fingerprint density at radius 3 is 2.75 bits per heavy atom. The van der Waals surface area contributed by atoms with Crippen molar-refractivity contribution in [3.8, 4) is 0 Å². The zero-order valence-corrected chi connectivity index (χ0v) is 15.5. The Labute approximate surface area is 149 Å². The molecule has 0 aliphatic rings. The number of pyridine rings is 1. The second-order valence-electron chi connectivity index (χ2n) is 5.76. The summed E-state index contributed by atoms with van der Waals surface area (Å²) in [6.45, 7) is 4.48. The molecule has 0 bridgehead atoms. The van der Waals surface area contributed by atoms with Gasteiger partial charge in [0, 0.05) is 23.6 Å². The van der Waals surface area contributed by atoms with Crippen molar-refractivity contribution >= 4 is 33.5 Å². The number of rotatable bonds is 8. The fraction of sp³-hybridized carbons (Fsp3) is 0.471. The summed E-state index contributed by atoms with van der Waals surface area (Å²) in [5, 5.41) is 11.5. The van der Waals surface area contributed by atoms with E-state index in [1.54, 1.807) is 0 Å². The van der Waals surface area contributed by atoms with Crippen molar-refractivity contribution in [3.63, 3.8) is 0 Å². The van der Waals surface area contributed by atoms with Gasteiger partial charge in [-0.15, -0.1) is 0 Å². The van der Waals surface area contributed by atoms with Crippen LogP contribution in [0.5, 0.6) is 0 Å². The third-order valence-corrected chi connectivity index (χ3v) is 4.28. The number of hydrogen-bond donors (Lipinski definition) is 2. The lowest BCUT2D eigenvalue weighted by molar-refractivity contribution is -0.137. The highest BCUT2D eigenvalue weighted by Gasteiger charge is 2.19. The Kier molecular flexibility index (Phi) is 6.36. The topological polar surface area (TPSA) is 83.7 Å². The van der Waals surface area contributed by atoms with E-state index < -0.39 is 5.97 Å². The maximum Gasteiger partial charge on any atom is 0.303 e. The van der Waals surface area contributed by atoms with Gasteiger partial charge in [-0.25, -0.2) is 4.98 Å². The minimum atomic E-state index is -0.779. The van der Waals surface area contributed by atoms with E-state index in [1.165, 1.54) is 0 Å². The molecule has 0 saturated heterocycles. The maximum atomic E-state index is 12.6. The van der Waals surface area contributed by atoms with Crippen molar-refractivity contribution in [2.75, 3.05) is 6.54 Å². The molecule has 0 aromatic carbocycles. The van der Waals surface area contributed by atoms with Gasteiger partial charge in [0.2, 0.25) is 0 Å². The highest BCUT2D eigenvalue weighted by atomic mass is 79.9. The van der Waals surface area contributed by atoms with Gasteiger partial charge in [0.05, 0.1) is 5.69 Å². The average Bonchev–Trinajstić information content (AvgIpc) is 2.89. The first-order valence-electron chi connectivity index (χ1n) is 8.11. The van der Waals surface area contributed by atoms with Crippen LogP contribution in [0.15, 0.2) is 16.7 Å². The summed E-state index contributed by atoms with van der Waals surface area (Å²) >= 11 is 3.46. The molecular formula is C17H22BrN3O3. The van der Waals surface area contributed by atoms with Gasteiger partial charge in [-0.2, -0.15) is 0 Å². The van der Waals surface area contributed by atoms with Gasteiger partial charge in [-0.05, 0) is 53.7 Å². The van der Waals surface area contributed by atoms with Crippen molar-refractivity contribution < 1.29 is 14.7 Å². The molecule has 2 heterocycles. The van der Waals surface area contributed by atoms with Crippen LogP contribution in [0.4, 0.5) is 0 Å². The standard InChI is InChI=1S/C17H22BrN3O3/c1-3-13-15(17(24)19-8-6-4-5-7-14(22)23)21-10-12(18)9-11(2)16(21)20-13/h9-10H,3-8H2,1-2H3,(H,19,24)(H,22,23). The first kappa shape index (κ1) is 18.4. The molecule has 0 fully saturated rings. The van der Waals surface area contributed by atoms with E-state index in [0.717, 1.165) is 34.2 Å². The lowest BCUT2D eigenvalue weighted by Gasteiger charge is -2.07. The molecule has 0 unspecified atom stereocenters. The predicted molar refractivity (Wildman–Crippen MR) is 95.4 cm³/mol. The molecule has 0 aliphatic carbocycles. The fourth-order valence-corrected chi connectivity index (χ4v) is 3.21. The summed E-state index contributed by atoms with van der Waals surface area (Å²) in [7, 11) is 0. The van der Waals surface area contributed by atoms with Crippen LogP contribution in [0.2, 0.25) is 0 Å². The molecule has 7 heteroatoms. The first-order valence-corrected chi connectivity index (χ1v) is 8.90. The molecule has 0 spiro atoms. The van der Waals surface area contributed by atoms with Crippen LogP contribution >= 0.6 is 15.9 Å². The third-order valence-electron chi connectivity index (χ3n) is 3.85. The summed E-state index contributed by atoms with van der Waals surface area (Å²) in [6.07, 6.45) is 4.89. The maximum absolute atomic E-state index is 12.6. The largest absolute Gasteiger partial charge is 0.481 e. The molecule has 24 heavy (non-hydrogen) atoms. The van der Waals surface area contributed by atoms with Crippen molar-refractivity contribution in [1.82, 2.24) is 14.7 Å². The van der Waals surface area contributed by atoms with Gasteiger partial charge in [0.15, 0.2) is 0 Å². The van der Waals surface area contributed by atoms with Crippen LogP contribution in [-0.2, 0) is 11.2 Å². The molecule has 1 amide bonds. The van der Waals surface area contributed by atoms with Crippen molar-refractivity contribution in [3.05, 3.63) is 33.7 Å². The quantitative estimate of drug-likeness (QED) is 0.671. The number of hydrogen-bond acceptors (Lipinski definition) is 3. The summed E-state index contributed by atoms with van der Waals surface area (Å²) in [4.78, 5) is 27.6. The molecule has 2 rings (SSSR count). The van der Waals surface area contributed by atoms with Crippen molar-refractivity contribution in [2.24, 2.45) is 0 Å². The number of halogens is 1. The van der Waals surface area contributed by atoms with Gasteiger partial charge >= 0.3 is 5.97 Å². The zero-order chi connectivity index (χ0) is 17.7. The number of imidazole rings is 1. The Balaban J connectivity index is 2.07. The van der Waals surface area contributed by atoms with Crippen molar-refractivity contribution in [2.45, 2.75) is 46.0 Å². The van der Waals surface area contributed by atoms with E-state index in [9.17, 15) is 9.59 Å². The molecule has 0 aliphatic heterocycles. The second kappa shape index (κ2) is 8.28. The second-order valence-corrected chi connectivity index (χ2v) is 6.67. The fourth-order valence-electron chi connectivity index (χ4n) is 2.67. The Morgan fingerprint density at radius 1 is 1.33 bits per heavy atom. The summed E-state index contributed by atoms with van der Waals surface area (Å²) in [5.74, 6) is -0.923. The number of aliphatic carboxylic acids is 1. The van der Waals surface area contributed by atoms with Gasteiger partial charge in [-0.1, -0.05) is 13.3 Å². The van der Waals surface area contributed by atoms with Gasteiger partial charge in [0.1, 0.15) is 11.3 Å². The number of carbonyl (C=O) groups is 2. The van der Waals surface area contributed by atoms with Crippen molar-refractivity contribution in [1.29, 1.82) is 0 Å². The number of unbranched alkanes of at least 4 members (excludes halogenated alkanes) is 2. The number of amides is 1. The Hall–Kier alpha value is -1.89. The number of carboxylic acid groups (broad SMARTS) is 1. The van der Waals surface area contributed by atoms with E-state index in [1.807, 2.05) is 30.5 Å². The van der Waals surface area contributed by atoms with E-state index in [4.69, 9.17) is 5.11 Å². The average molecular weight is 396 g/mol. The van der Waals surface area contributed by atoms with Crippen LogP contribution in [0, 0.1) is 6.92 Å². The molecule has 6 nitrogen and oxygen atoms in total. The van der Waals surface area contributed by atoms with Crippen LogP contribution in [0.1, 0.15) is 54.4 Å². The summed E-state index contributed by atoms with van der Waals surface area (Å²) in [6, 6.07) is 1.98. The number of carboxylic acids is 1. The summed E-state index contributed by atoms with van der Waals surface area (Å²) < 4.78 is 2.73. The smallest absolute Gasteiger partial charge is 0.303 e. The number of nitrogens with zero attached hydrogens (tertiary/aromatic N) is 2. The minimum Gasteiger partial charge on any atom is -0.481 e. The lowest BCUT2D eigenvalue weighted by Crippen LogP contribution is -2.26. The van der Waals surface area contributed by atoms with Gasteiger partial charge in [0.25, 0.3) is 5.91 Å². The lowest BCUT2D eigenvalue weighted by atomic mass is 10.2. The number of carbonyl (C=O) groups excluding carboxylic acids is 1. The highest BCUT2D eigenvalue weighted by molar-refractivity contribution is 9.10. The van der Waals surface area contributed by atoms with E-state index in [-0.39, 0.29) is 12.3 Å². The molecule has 130 valence electrons. The van der Waals surface area contributed by atoms with Crippen LogP contribution in [-0.4, -0.2) is 32.9 Å². The minimum absolute atomic E-state index is 0.143.